The zero-order chi connectivity index (χ0) is 19.2. The summed E-state index contributed by atoms with van der Waals surface area (Å²) in [5.74, 6) is -0.672. The number of hydrogen-bond acceptors (Lipinski definition) is 6. The molecule has 10 heteroatoms. The Morgan fingerprint density at radius 3 is 2.50 bits per heavy atom. The van der Waals surface area contributed by atoms with Gasteiger partial charge in [-0.15, -0.1) is 0 Å². The Morgan fingerprint density at radius 2 is 1.85 bits per heavy atom. The van der Waals surface area contributed by atoms with Crippen LogP contribution >= 0.6 is 0 Å². The summed E-state index contributed by atoms with van der Waals surface area (Å²) in [5.41, 5.74) is 2.91. The average molecular weight is 376 g/mol. The highest BCUT2D eigenvalue weighted by Gasteiger charge is 2.14. The zero-order valence-corrected chi connectivity index (χ0v) is 14.6. The molecule has 0 radical (unpaired) electrons. The molecule has 2 N–H and O–H groups in total. The van der Waals surface area contributed by atoms with Crippen molar-refractivity contribution in [3.05, 3.63) is 70.3 Å². The molecule has 0 atom stereocenters. The molecule has 0 aliphatic carbocycles. The van der Waals surface area contributed by atoms with E-state index in [1.165, 1.54) is 30.3 Å². The van der Waals surface area contributed by atoms with Gasteiger partial charge in [-0.1, -0.05) is 30.3 Å². The first-order valence-electron chi connectivity index (χ1n) is 7.42. The van der Waals surface area contributed by atoms with Crippen LogP contribution < -0.4 is 10.1 Å². The number of non-ortho nitro benzene ring substituents is 1. The van der Waals surface area contributed by atoms with Gasteiger partial charge in [-0.25, -0.2) is 18.6 Å². The van der Waals surface area contributed by atoms with Crippen molar-refractivity contribution in [2.24, 2.45) is 5.10 Å². The van der Waals surface area contributed by atoms with Crippen LogP contribution in [0.1, 0.15) is 12.5 Å². The van der Waals surface area contributed by atoms with Gasteiger partial charge in [-0.2, -0.15) is 5.10 Å². The molecule has 9 nitrogen and oxygen atoms in total. The van der Waals surface area contributed by atoms with Crippen molar-refractivity contribution in [3.63, 3.8) is 0 Å². The van der Waals surface area contributed by atoms with Gasteiger partial charge in [0.15, 0.2) is 0 Å². The van der Waals surface area contributed by atoms with E-state index in [2.05, 4.69) is 15.2 Å². The molecule has 0 unspecified atom stereocenters. The topological polar surface area (TPSA) is 131 Å². The van der Waals surface area contributed by atoms with Gasteiger partial charge in [0.1, 0.15) is 0 Å². The van der Waals surface area contributed by atoms with Crippen molar-refractivity contribution < 1.29 is 18.1 Å². The summed E-state index contributed by atoms with van der Waals surface area (Å²) in [7, 11) is -3.80. The summed E-state index contributed by atoms with van der Waals surface area (Å²) in [4.78, 5) is 22.1. The smallest absolute Gasteiger partial charge is 0.270 e. The van der Waals surface area contributed by atoms with E-state index in [9.17, 15) is 23.3 Å². The average Bonchev–Trinajstić information content (AvgIpc) is 2.65. The van der Waals surface area contributed by atoms with E-state index in [1.54, 1.807) is 31.2 Å². The van der Waals surface area contributed by atoms with Crippen LogP contribution in [-0.2, 0) is 14.8 Å². The fourth-order valence-corrected chi connectivity index (χ4v) is 2.94. The van der Waals surface area contributed by atoms with E-state index in [-0.39, 0.29) is 10.6 Å². The second kappa shape index (κ2) is 8.32. The first-order chi connectivity index (χ1) is 12.3. The SMILES string of the molecule is C/C(=N/NC(=O)CNS(=O)(=O)c1ccccc1)c1cccc([N+](=O)[O-])c1. The molecule has 136 valence electrons. The van der Waals surface area contributed by atoms with Gasteiger partial charge in [0, 0.05) is 17.7 Å². The predicted octanol–water partition coefficient (Wildman–Crippen LogP) is 1.41. The first-order valence-corrected chi connectivity index (χ1v) is 8.90. The predicted molar refractivity (Wildman–Crippen MR) is 95.1 cm³/mol. The highest BCUT2D eigenvalue weighted by atomic mass is 32.2. The maximum atomic E-state index is 12.0. The molecule has 26 heavy (non-hydrogen) atoms. The third-order valence-corrected chi connectivity index (χ3v) is 4.72. The van der Waals surface area contributed by atoms with Crippen molar-refractivity contribution in [1.82, 2.24) is 10.1 Å². The Balaban J connectivity index is 1.96. The normalized spacial score (nSPS) is 11.8. The molecule has 0 saturated heterocycles. The van der Waals surface area contributed by atoms with Crippen LogP contribution in [0.3, 0.4) is 0 Å². The number of sulfonamides is 1. The summed E-state index contributed by atoms with van der Waals surface area (Å²) < 4.78 is 26.2. The fraction of sp³-hybridized carbons (Fsp3) is 0.125. The van der Waals surface area contributed by atoms with Gasteiger partial charge in [-0.3, -0.25) is 14.9 Å². The van der Waals surface area contributed by atoms with Crippen LogP contribution in [0.2, 0.25) is 0 Å². The van der Waals surface area contributed by atoms with Gasteiger partial charge >= 0.3 is 0 Å². The first kappa shape index (κ1) is 19.2. The second-order valence-corrected chi connectivity index (χ2v) is 6.94. The second-order valence-electron chi connectivity index (χ2n) is 5.18. The standard InChI is InChI=1S/C16H16N4O5S/c1-12(13-6-5-7-14(10-13)20(22)23)18-19-16(21)11-17-26(24,25)15-8-3-2-4-9-15/h2-10,17H,11H2,1H3,(H,19,21)/b18-12-. The Morgan fingerprint density at radius 1 is 1.15 bits per heavy atom. The third-order valence-electron chi connectivity index (χ3n) is 3.30. The van der Waals surface area contributed by atoms with Crippen molar-refractivity contribution >= 4 is 27.3 Å². The molecule has 0 saturated carbocycles. The van der Waals surface area contributed by atoms with Gasteiger partial charge in [-0.05, 0) is 19.1 Å². The number of nitro groups is 1. The highest BCUT2D eigenvalue weighted by molar-refractivity contribution is 7.89. The molecule has 2 aromatic rings. The molecule has 2 aromatic carbocycles. The number of benzene rings is 2. The van der Waals surface area contributed by atoms with Crippen molar-refractivity contribution in [2.75, 3.05) is 6.54 Å². The van der Waals surface area contributed by atoms with Crippen LogP contribution in [0, 0.1) is 10.1 Å². The molecule has 0 aliphatic heterocycles. The summed E-state index contributed by atoms with van der Waals surface area (Å²) in [6, 6.07) is 13.4. The molecule has 0 aliphatic rings. The van der Waals surface area contributed by atoms with Crippen LogP contribution in [0.25, 0.3) is 0 Å². The van der Waals surface area contributed by atoms with Crippen LogP contribution in [-0.4, -0.2) is 31.5 Å². The summed E-state index contributed by atoms with van der Waals surface area (Å²) >= 11 is 0. The third kappa shape index (κ3) is 5.19. The number of amides is 1. The van der Waals surface area contributed by atoms with E-state index in [4.69, 9.17) is 0 Å². The number of carbonyl (C=O) groups excluding carboxylic acids is 1. The van der Waals surface area contributed by atoms with E-state index in [1.807, 2.05) is 0 Å². The molecule has 0 fully saturated rings. The maximum Gasteiger partial charge on any atom is 0.270 e. The quantitative estimate of drug-likeness (QED) is 0.428. The van der Waals surface area contributed by atoms with E-state index >= 15 is 0 Å². The van der Waals surface area contributed by atoms with Crippen molar-refractivity contribution in [3.8, 4) is 0 Å². The number of nitrogens with zero attached hydrogens (tertiary/aromatic N) is 2. The Bertz CT molecular complexity index is 942. The van der Waals surface area contributed by atoms with Crippen LogP contribution in [0.5, 0.6) is 0 Å². The molecule has 0 aromatic heterocycles. The molecular formula is C16H16N4O5S. The van der Waals surface area contributed by atoms with Crippen LogP contribution in [0.15, 0.2) is 64.6 Å². The minimum absolute atomic E-state index is 0.0454. The minimum atomic E-state index is -3.80. The molecule has 1 amide bonds. The van der Waals surface area contributed by atoms with E-state index < -0.39 is 27.4 Å². The van der Waals surface area contributed by atoms with Crippen molar-refractivity contribution in [2.45, 2.75) is 11.8 Å². The van der Waals surface area contributed by atoms with Crippen LogP contribution in [0.4, 0.5) is 5.69 Å². The maximum absolute atomic E-state index is 12.0. The monoisotopic (exact) mass is 376 g/mol. The molecular weight excluding hydrogens is 360 g/mol. The van der Waals surface area contributed by atoms with E-state index in [0.29, 0.717) is 11.3 Å². The van der Waals surface area contributed by atoms with Gasteiger partial charge in [0.2, 0.25) is 10.0 Å². The lowest BCUT2D eigenvalue weighted by Crippen LogP contribution is -2.35. The summed E-state index contributed by atoms with van der Waals surface area (Å²) in [6.45, 7) is 1.07. The molecule has 2 rings (SSSR count). The molecule has 0 spiro atoms. The highest BCUT2D eigenvalue weighted by Crippen LogP contribution is 2.13. The van der Waals surface area contributed by atoms with Gasteiger partial charge in [0.25, 0.3) is 11.6 Å². The largest absolute Gasteiger partial charge is 0.272 e. The van der Waals surface area contributed by atoms with Gasteiger partial charge < -0.3 is 0 Å². The van der Waals surface area contributed by atoms with Gasteiger partial charge in [0.05, 0.1) is 22.1 Å². The lowest BCUT2D eigenvalue weighted by molar-refractivity contribution is -0.384. The van der Waals surface area contributed by atoms with E-state index in [0.717, 1.165) is 0 Å². The summed E-state index contributed by atoms with van der Waals surface area (Å²) in [6.07, 6.45) is 0. The minimum Gasteiger partial charge on any atom is -0.272 e. The number of carbonyl (C=O) groups is 1. The number of nitrogens with one attached hydrogen (secondary N) is 2. The number of rotatable bonds is 7. The Kier molecular flexibility index (Phi) is 6.15. The lowest BCUT2D eigenvalue weighted by Gasteiger charge is -2.06. The fourth-order valence-electron chi connectivity index (χ4n) is 1.94. The number of nitro benzene ring substituents is 1. The number of hydrogen-bond donors (Lipinski definition) is 2. The Labute approximate surface area is 149 Å². The Hall–Kier alpha value is -3.11. The molecule has 0 heterocycles. The van der Waals surface area contributed by atoms with Crippen molar-refractivity contribution in [1.29, 1.82) is 0 Å². The summed E-state index contributed by atoms with van der Waals surface area (Å²) in [5, 5.41) is 14.6. The zero-order valence-electron chi connectivity index (χ0n) is 13.7. The lowest BCUT2D eigenvalue weighted by atomic mass is 10.1. The number of hydrazone groups is 1. The molecule has 0 bridgehead atoms.